The average molecular weight is 474 g/mol. The van der Waals surface area contributed by atoms with Gasteiger partial charge in [0.25, 0.3) is 5.91 Å². The Morgan fingerprint density at radius 1 is 1.06 bits per heavy atom. The van der Waals surface area contributed by atoms with E-state index in [1.807, 2.05) is 0 Å². The number of nitrogens with one attached hydrogen (secondary N) is 1. The first-order valence-corrected chi connectivity index (χ1v) is 11.0. The number of ether oxygens (including phenoxy) is 2. The molecule has 0 fully saturated rings. The fourth-order valence-electron chi connectivity index (χ4n) is 2.65. The van der Waals surface area contributed by atoms with Crippen LogP contribution in [0.15, 0.2) is 48.5 Å². The Hall–Kier alpha value is -3.28. The molecule has 0 saturated carbocycles. The molecule has 0 atom stereocenters. The number of rotatable bonds is 9. The topological polar surface area (TPSA) is 102 Å². The lowest BCUT2D eigenvalue weighted by molar-refractivity contribution is -0.274. The van der Waals surface area contributed by atoms with Crippen molar-refractivity contribution in [3.63, 3.8) is 0 Å². The fourth-order valence-corrected chi connectivity index (χ4v) is 3.55. The number of halogens is 3. The Morgan fingerprint density at radius 3 is 2.31 bits per heavy atom. The number of hydrogen-bond acceptors (Lipinski definition) is 6. The molecule has 174 valence electrons. The summed E-state index contributed by atoms with van der Waals surface area (Å²) in [5.74, 6) is -2.24. The number of aryl methyl sites for hydroxylation is 1. The molecule has 0 spiro atoms. The molecule has 0 unspecified atom stereocenters. The van der Waals surface area contributed by atoms with Crippen LogP contribution in [-0.4, -0.2) is 46.1 Å². The van der Waals surface area contributed by atoms with E-state index in [-0.39, 0.29) is 17.8 Å². The molecular weight excluding hydrogens is 453 g/mol. The van der Waals surface area contributed by atoms with Gasteiger partial charge in [-0.1, -0.05) is 36.4 Å². The normalized spacial score (nSPS) is 11.5. The number of alkyl halides is 3. The Balaban J connectivity index is 1.93. The summed E-state index contributed by atoms with van der Waals surface area (Å²) in [6.07, 6.45) is -3.96. The third-order valence-corrected chi connectivity index (χ3v) is 5.22. The predicted molar refractivity (Wildman–Crippen MR) is 109 cm³/mol. The molecule has 0 aliphatic carbocycles. The van der Waals surface area contributed by atoms with Crippen molar-refractivity contribution >= 4 is 27.6 Å². The van der Waals surface area contributed by atoms with Crippen LogP contribution < -0.4 is 14.4 Å². The standard InChI is InChI=1S/C20H21F3N2O6S/c1-14-7-3-5-9-16(14)25(32(2,28)29)12-19(27)30-13-18(26)24-11-15-8-4-6-10-17(15)31-20(21,22)23/h3-10H,11-13H2,1-2H3,(H,24,26). The van der Waals surface area contributed by atoms with Crippen molar-refractivity contribution in [2.24, 2.45) is 0 Å². The zero-order valence-corrected chi connectivity index (χ0v) is 18.0. The molecule has 0 bridgehead atoms. The molecule has 32 heavy (non-hydrogen) atoms. The largest absolute Gasteiger partial charge is 0.573 e. The molecule has 2 rings (SSSR count). The maximum atomic E-state index is 12.5. The molecule has 0 aromatic heterocycles. The van der Waals surface area contributed by atoms with Gasteiger partial charge in [-0.05, 0) is 24.6 Å². The van der Waals surface area contributed by atoms with Crippen molar-refractivity contribution in [3.05, 3.63) is 59.7 Å². The van der Waals surface area contributed by atoms with Crippen LogP contribution in [0.1, 0.15) is 11.1 Å². The van der Waals surface area contributed by atoms with E-state index < -0.39 is 47.2 Å². The van der Waals surface area contributed by atoms with Gasteiger partial charge in [0.1, 0.15) is 12.3 Å². The Labute approximate surface area is 183 Å². The second-order valence-corrected chi connectivity index (χ2v) is 8.56. The molecule has 8 nitrogen and oxygen atoms in total. The summed E-state index contributed by atoms with van der Waals surface area (Å²) >= 11 is 0. The van der Waals surface area contributed by atoms with Crippen LogP contribution >= 0.6 is 0 Å². The van der Waals surface area contributed by atoms with Gasteiger partial charge in [-0.3, -0.25) is 13.9 Å². The average Bonchev–Trinajstić information content (AvgIpc) is 2.68. The molecule has 1 N–H and O–H groups in total. The lowest BCUT2D eigenvalue weighted by Gasteiger charge is -2.23. The van der Waals surface area contributed by atoms with Gasteiger partial charge in [0, 0.05) is 12.1 Å². The molecule has 0 heterocycles. The molecule has 1 amide bonds. The molecule has 0 aliphatic heterocycles. The summed E-state index contributed by atoms with van der Waals surface area (Å²) < 4.78 is 71.1. The number of esters is 1. The number of carbonyl (C=O) groups is 2. The van der Waals surface area contributed by atoms with Gasteiger partial charge in [0.05, 0.1) is 11.9 Å². The van der Waals surface area contributed by atoms with Crippen LogP contribution in [0.4, 0.5) is 18.9 Å². The highest BCUT2D eigenvalue weighted by Gasteiger charge is 2.32. The fraction of sp³-hybridized carbons (Fsp3) is 0.300. The van der Waals surface area contributed by atoms with Gasteiger partial charge in [0.2, 0.25) is 10.0 Å². The highest BCUT2D eigenvalue weighted by molar-refractivity contribution is 7.92. The molecule has 0 aliphatic rings. The molecule has 12 heteroatoms. The Kier molecular flexibility index (Phi) is 8.08. The van der Waals surface area contributed by atoms with E-state index in [0.717, 1.165) is 16.6 Å². The van der Waals surface area contributed by atoms with Crippen LogP contribution in [-0.2, 0) is 30.9 Å². The van der Waals surface area contributed by atoms with Crippen molar-refractivity contribution in [2.45, 2.75) is 19.8 Å². The maximum Gasteiger partial charge on any atom is 0.573 e. The minimum Gasteiger partial charge on any atom is -0.454 e. The number of carbonyl (C=O) groups excluding carboxylic acids is 2. The van der Waals surface area contributed by atoms with E-state index in [1.54, 1.807) is 25.1 Å². The van der Waals surface area contributed by atoms with Crippen LogP contribution in [0, 0.1) is 6.92 Å². The summed E-state index contributed by atoms with van der Waals surface area (Å²) in [4.78, 5) is 24.1. The lowest BCUT2D eigenvalue weighted by atomic mass is 10.2. The van der Waals surface area contributed by atoms with Crippen LogP contribution in [0.5, 0.6) is 5.75 Å². The molecule has 2 aromatic rings. The van der Waals surface area contributed by atoms with Crippen LogP contribution in [0.3, 0.4) is 0 Å². The minimum atomic E-state index is -4.89. The van der Waals surface area contributed by atoms with Crippen molar-refractivity contribution in [3.8, 4) is 5.75 Å². The number of nitrogens with zero attached hydrogens (tertiary/aromatic N) is 1. The highest BCUT2D eigenvalue weighted by atomic mass is 32.2. The number of sulfonamides is 1. The van der Waals surface area contributed by atoms with Gasteiger partial charge >= 0.3 is 12.3 Å². The highest BCUT2D eigenvalue weighted by Crippen LogP contribution is 2.26. The van der Waals surface area contributed by atoms with E-state index in [4.69, 9.17) is 4.74 Å². The van der Waals surface area contributed by atoms with Gasteiger partial charge in [0.15, 0.2) is 6.61 Å². The third kappa shape index (κ3) is 7.76. The van der Waals surface area contributed by atoms with E-state index in [1.165, 1.54) is 24.3 Å². The number of benzene rings is 2. The smallest absolute Gasteiger partial charge is 0.454 e. The number of para-hydroxylation sites is 2. The van der Waals surface area contributed by atoms with Crippen molar-refractivity contribution in [1.82, 2.24) is 5.32 Å². The molecule has 2 aromatic carbocycles. The summed E-state index contributed by atoms with van der Waals surface area (Å²) in [6.45, 7) is -0.0281. The summed E-state index contributed by atoms with van der Waals surface area (Å²) in [7, 11) is -3.81. The van der Waals surface area contributed by atoms with Crippen LogP contribution in [0.25, 0.3) is 0 Å². The summed E-state index contributed by atoms with van der Waals surface area (Å²) in [6, 6.07) is 11.8. The van der Waals surface area contributed by atoms with Gasteiger partial charge in [-0.25, -0.2) is 8.42 Å². The number of anilines is 1. The van der Waals surface area contributed by atoms with E-state index >= 15 is 0 Å². The zero-order valence-electron chi connectivity index (χ0n) is 17.2. The van der Waals surface area contributed by atoms with E-state index in [9.17, 15) is 31.2 Å². The zero-order chi connectivity index (χ0) is 23.9. The van der Waals surface area contributed by atoms with Gasteiger partial charge < -0.3 is 14.8 Å². The second kappa shape index (κ2) is 10.4. The SMILES string of the molecule is Cc1ccccc1N(CC(=O)OCC(=O)NCc1ccccc1OC(F)(F)F)S(C)(=O)=O. The lowest BCUT2D eigenvalue weighted by Crippen LogP contribution is -2.37. The first kappa shape index (κ1) is 25.0. The summed E-state index contributed by atoms with van der Waals surface area (Å²) in [5.41, 5.74) is 0.966. The third-order valence-electron chi connectivity index (χ3n) is 4.10. The van der Waals surface area contributed by atoms with Crippen molar-refractivity contribution in [1.29, 1.82) is 0 Å². The van der Waals surface area contributed by atoms with E-state index in [2.05, 4.69) is 10.1 Å². The molecular formula is C20H21F3N2O6S. The van der Waals surface area contributed by atoms with Gasteiger partial charge in [-0.15, -0.1) is 13.2 Å². The summed E-state index contributed by atoms with van der Waals surface area (Å²) in [5, 5.41) is 2.31. The van der Waals surface area contributed by atoms with Crippen molar-refractivity contribution < 1.29 is 40.7 Å². The number of hydrogen-bond donors (Lipinski definition) is 1. The Bertz CT molecular complexity index is 1070. The van der Waals surface area contributed by atoms with Gasteiger partial charge in [-0.2, -0.15) is 0 Å². The quantitative estimate of drug-likeness (QED) is 0.561. The van der Waals surface area contributed by atoms with E-state index in [0.29, 0.717) is 5.56 Å². The van der Waals surface area contributed by atoms with Crippen LogP contribution in [0.2, 0.25) is 0 Å². The minimum absolute atomic E-state index is 0.0623. The Morgan fingerprint density at radius 2 is 1.69 bits per heavy atom. The number of amides is 1. The molecule has 0 radical (unpaired) electrons. The maximum absolute atomic E-state index is 12.5. The second-order valence-electron chi connectivity index (χ2n) is 6.65. The first-order chi connectivity index (χ1) is 14.9. The van der Waals surface area contributed by atoms with Crippen molar-refractivity contribution in [2.75, 3.05) is 23.7 Å². The monoisotopic (exact) mass is 474 g/mol. The molecule has 0 saturated heterocycles. The predicted octanol–water partition coefficient (Wildman–Crippen LogP) is 2.52. The first-order valence-electron chi connectivity index (χ1n) is 9.16.